The second-order valence-electron chi connectivity index (χ2n) is 4.51. The first-order valence-corrected chi connectivity index (χ1v) is 7.22. The summed E-state index contributed by atoms with van der Waals surface area (Å²) in [6.45, 7) is 4.32. The Morgan fingerprint density at radius 1 is 1.25 bits per heavy atom. The molecule has 1 aliphatic rings. The zero-order valence-electron chi connectivity index (χ0n) is 9.60. The van der Waals surface area contributed by atoms with Crippen LogP contribution in [0.3, 0.4) is 0 Å². The van der Waals surface area contributed by atoms with E-state index in [4.69, 9.17) is 0 Å². The van der Waals surface area contributed by atoms with Gasteiger partial charge in [0.25, 0.3) is 0 Å². The third kappa shape index (κ3) is 2.28. The zero-order chi connectivity index (χ0) is 11.8. The Labute approximate surface area is 96.8 Å². The van der Waals surface area contributed by atoms with E-state index in [1.54, 1.807) is 6.92 Å². The van der Waals surface area contributed by atoms with Crippen molar-refractivity contribution in [2.75, 3.05) is 12.3 Å². The normalized spacial score (nSPS) is 28.9. The quantitative estimate of drug-likeness (QED) is 0.806. The van der Waals surface area contributed by atoms with Gasteiger partial charge >= 0.3 is 0 Å². The Bertz CT molecular complexity index is 464. The van der Waals surface area contributed by atoms with E-state index in [2.05, 4.69) is 5.32 Å². The average Bonchev–Trinajstić information content (AvgIpc) is 2.23. The summed E-state index contributed by atoms with van der Waals surface area (Å²) in [5.41, 5.74) is 2.25. The Hall–Kier alpha value is -0.870. The Kier molecular flexibility index (Phi) is 3.04. The van der Waals surface area contributed by atoms with Crippen LogP contribution in [0.4, 0.5) is 0 Å². The number of hydrogen-bond acceptors (Lipinski definition) is 3. The van der Waals surface area contributed by atoms with E-state index in [0.29, 0.717) is 6.54 Å². The van der Waals surface area contributed by atoms with Crippen LogP contribution in [-0.4, -0.2) is 26.0 Å². The summed E-state index contributed by atoms with van der Waals surface area (Å²) in [6.07, 6.45) is 0. The molecule has 2 rings (SSSR count). The molecule has 4 heteroatoms. The summed E-state index contributed by atoms with van der Waals surface area (Å²) in [4.78, 5) is 0. The van der Waals surface area contributed by atoms with Crippen LogP contribution in [0.5, 0.6) is 0 Å². The molecule has 1 fully saturated rings. The topological polar surface area (TPSA) is 46.2 Å². The van der Waals surface area contributed by atoms with Crippen LogP contribution >= 0.6 is 0 Å². The molecule has 0 radical (unpaired) electrons. The summed E-state index contributed by atoms with van der Waals surface area (Å²) >= 11 is 0. The highest BCUT2D eigenvalue weighted by Gasteiger charge is 2.31. The molecule has 1 aliphatic heterocycles. The van der Waals surface area contributed by atoms with Gasteiger partial charge in [0.1, 0.15) is 0 Å². The van der Waals surface area contributed by atoms with Crippen molar-refractivity contribution in [2.45, 2.75) is 25.1 Å². The van der Waals surface area contributed by atoms with Crippen molar-refractivity contribution in [3.63, 3.8) is 0 Å². The maximum Gasteiger partial charge on any atom is 0.156 e. The highest BCUT2D eigenvalue weighted by atomic mass is 32.2. The molecule has 0 saturated carbocycles. The first kappa shape index (κ1) is 11.6. The van der Waals surface area contributed by atoms with Gasteiger partial charge in [-0.1, -0.05) is 29.8 Å². The van der Waals surface area contributed by atoms with Gasteiger partial charge in [0.2, 0.25) is 0 Å². The molecule has 0 bridgehead atoms. The van der Waals surface area contributed by atoms with E-state index in [-0.39, 0.29) is 17.0 Å². The predicted molar refractivity (Wildman–Crippen MR) is 65.2 cm³/mol. The standard InChI is InChI=1S/C12H17NO2S/c1-9-3-5-11(6-4-9)12-8-16(14,15)10(2)7-13-12/h3-6,10,12-13H,7-8H2,1-2H3. The minimum atomic E-state index is -2.93. The van der Waals surface area contributed by atoms with Gasteiger partial charge in [-0.05, 0) is 19.4 Å². The van der Waals surface area contributed by atoms with Gasteiger partial charge in [0, 0.05) is 12.6 Å². The van der Waals surface area contributed by atoms with E-state index in [0.717, 1.165) is 5.56 Å². The maximum absolute atomic E-state index is 11.8. The summed E-state index contributed by atoms with van der Waals surface area (Å²) in [5.74, 6) is 0.206. The number of aryl methyl sites for hydroxylation is 1. The minimum Gasteiger partial charge on any atom is -0.308 e. The molecule has 1 aromatic rings. The summed E-state index contributed by atoms with van der Waals surface area (Å²) in [6, 6.07) is 7.97. The van der Waals surface area contributed by atoms with Gasteiger partial charge in [-0.15, -0.1) is 0 Å². The van der Waals surface area contributed by atoms with Crippen LogP contribution in [0.15, 0.2) is 24.3 Å². The molecule has 2 unspecified atom stereocenters. The van der Waals surface area contributed by atoms with Gasteiger partial charge in [0.15, 0.2) is 9.84 Å². The van der Waals surface area contributed by atoms with Crippen molar-refractivity contribution in [1.82, 2.24) is 5.32 Å². The second kappa shape index (κ2) is 4.18. The lowest BCUT2D eigenvalue weighted by Crippen LogP contribution is -2.44. The second-order valence-corrected chi connectivity index (χ2v) is 6.98. The van der Waals surface area contributed by atoms with Crippen LogP contribution in [0.25, 0.3) is 0 Å². The smallest absolute Gasteiger partial charge is 0.156 e. The molecule has 1 saturated heterocycles. The van der Waals surface area contributed by atoms with Crippen molar-refractivity contribution in [3.05, 3.63) is 35.4 Å². The van der Waals surface area contributed by atoms with E-state index >= 15 is 0 Å². The molecule has 1 aromatic carbocycles. The summed E-state index contributed by atoms with van der Waals surface area (Å²) in [7, 11) is -2.93. The summed E-state index contributed by atoms with van der Waals surface area (Å²) in [5, 5.41) is 3.01. The van der Waals surface area contributed by atoms with Crippen molar-refractivity contribution >= 4 is 9.84 Å². The monoisotopic (exact) mass is 239 g/mol. The molecule has 1 N–H and O–H groups in total. The lowest BCUT2D eigenvalue weighted by atomic mass is 10.1. The highest BCUT2D eigenvalue weighted by Crippen LogP contribution is 2.21. The SMILES string of the molecule is Cc1ccc(C2CS(=O)(=O)C(C)CN2)cc1. The molecule has 0 spiro atoms. The fourth-order valence-electron chi connectivity index (χ4n) is 1.90. The molecule has 0 aromatic heterocycles. The third-order valence-electron chi connectivity index (χ3n) is 3.14. The summed E-state index contributed by atoms with van der Waals surface area (Å²) < 4.78 is 23.6. The predicted octanol–water partition coefficient (Wildman–Crippen LogP) is 1.44. The van der Waals surface area contributed by atoms with E-state index < -0.39 is 9.84 Å². The van der Waals surface area contributed by atoms with E-state index in [9.17, 15) is 8.42 Å². The van der Waals surface area contributed by atoms with E-state index in [1.165, 1.54) is 5.56 Å². The van der Waals surface area contributed by atoms with Gasteiger partial charge in [0.05, 0.1) is 11.0 Å². The van der Waals surface area contributed by atoms with E-state index in [1.807, 2.05) is 31.2 Å². The largest absolute Gasteiger partial charge is 0.308 e. The Balaban J connectivity index is 2.21. The molecule has 0 aliphatic carbocycles. The number of sulfone groups is 1. The van der Waals surface area contributed by atoms with Gasteiger partial charge in [-0.2, -0.15) is 0 Å². The van der Waals surface area contributed by atoms with Crippen LogP contribution < -0.4 is 5.32 Å². The zero-order valence-corrected chi connectivity index (χ0v) is 10.4. The van der Waals surface area contributed by atoms with Gasteiger partial charge < -0.3 is 5.32 Å². The first-order chi connectivity index (χ1) is 7.49. The molecule has 0 amide bonds. The molecule has 3 nitrogen and oxygen atoms in total. The van der Waals surface area contributed by atoms with Crippen molar-refractivity contribution in [2.24, 2.45) is 0 Å². The van der Waals surface area contributed by atoms with Crippen LogP contribution in [0, 0.1) is 6.92 Å². The molecule has 2 atom stereocenters. The lowest BCUT2D eigenvalue weighted by molar-refractivity contribution is 0.502. The minimum absolute atomic E-state index is 0.0539. The van der Waals surface area contributed by atoms with Crippen molar-refractivity contribution in [3.8, 4) is 0 Å². The van der Waals surface area contributed by atoms with Crippen LogP contribution in [0.2, 0.25) is 0 Å². The number of benzene rings is 1. The fraction of sp³-hybridized carbons (Fsp3) is 0.500. The van der Waals surface area contributed by atoms with Gasteiger partial charge in [-0.25, -0.2) is 8.42 Å². The maximum atomic E-state index is 11.8. The van der Waals surface area contributed by atoms with Gasteiger partial charge in [-0.3, -0.25) is 0 Å². The van der Waals surface area contributed by atoms with Crippen molar-refractivity contribution in [1.29, 1.82) is 0 Å². The molecule has 88 valence electrons. The Morgan fingerprint density at radius 2 is 1.88 bits per heavy atom. The average molecular weight is 239 g/mol. The molecular formula is C12H17NO2S. The molecule has 16 heavy (non-hydrogen) atoms. The van der Waals surface area contributed by atoms with Crippen molar-refractivity contribution < 1.29 is 8.42 Å². The molecular weight excluding hydrogens is 222 g/mol. The number of nitrogens with one attached hydrogen (secondary N) is 1. The number of rotatable bonds is 1. The van der Waals surface area contributed by atoms with Crippen LogP contribution in [0.1, 0.15) is 24.1 Å². The lowest BCUT2D eigenvalue weighted by Gasteiger charge is -2.28. The third-order valence-corrected chi connectivity index (χ3v) is 5.33. The fourth-order valence-corrected chi connectivity index (χ4v) is 3.36. The molecule has 1 heterocycles. The first-order valence-electron chi connectivity index (χ1n) is 5.50. The van der Waals surface area contributed by atoms with Crippen LogP contribution in [-0.2, 0) is 9.84 Å². The Morgan fingerprint density at radius 3 is 2.44 bits per heavy atom. The highest BCUT2D eigenvalue weighted by molar-refractivity contribution is 7.92. The number of hydrogen-bond donors (Lipinski definition) is 1.